The number of aromatic nitrogens is 1. The van der Waals surface area contributed by atoms with Gasteiger partial charge in [-0.05, 0) is 40.2 Å². The summed E-state index contributed by atoms with van der Waals surface area (Å²) in [5.41, 5.74) is 6.22. The van der Waals surface area contributed by atoms with Crippen LogP contribution in [0.15, 0.2) is 40.9 Å². The van der Waals surface area contributed by atoms with Crippen molar-refractivity contribution in [2.45, 2.75) is 6.61 Å². The van der Waals surface area contributed by atoms with E-state index in [4.69, 9.17) is 22.1 Å². The van der Waals surface area contributed by atoms with Gasteiger partial charge in [-0.2, -0.15) is 0 Å². The van der Waals surface area contributed by atoms with Gasteiger partial charge in [0.15, 0.2) is 0 Å². The molecule has 88 valence electrons. The van der Waals surface area contributed by atoms with E-state index in [-0.39, 0.29) is 6.61 Å². The van der Waals surface area contributed by atoms with E-state index in [1.807, 2.05) is 24.3 Å². The number of pyridine rings is 1. The van der Waals surface area contributed by atoms with E-state index in [0.717, 1.165) is 10.2 Å². The van der Waals surface area contributed by atoms with E-state index < -0.39 is 0 Å². The second-order valence-electron chi connectivity index (χ2n) is 3.38. The highest BCUT2D eigenvalue weighted by atomic mass is 79.9. The minimum atomic E-state index is 0.284. The van der Waals surface area contributed by atoms with Gasteiger partial charge in [-0.3, -0.25) is 0 Å². The second-order valence-corrected chi connectivity index (χ2v) is 4.65. The monoisotopic (exact) mass is 312 g/mol. The summed E-state index contributed by atoms with van der Waals surface area (Å²) in [5, 5.41) is 0.547. The van der Waals surface area contributed by atoms with Crippen LogP contribution < -0.4 is 10.5 Å². The number of halogens is 2. The first-order chi connectivity index (χ1) is 8.16. The van der Waals surface area contributed by atoms with Crippen molar-refractivity contribution in [2.24, 2.45) is 0 Å². The number of nitrogen functional groups attached to an aromatic ring is 1. The van der Waals surface area contributed by atoms with Crippen LogP contribution in [0.25, 0.3) is 0 Å². The van der Waals surface area contributed by atoms with E-state index in [2.05, 4.69) is 20.9 Å². The van der Waals surface area contributed by atoms with Gasteiger partial charge in [-0.25, -0.2) is 4.98 Å². The first kappa shape index (κ1) is 12.2. The summed E-state index contributed by atoms with van der Waals surface area (Å²) >= 11 is 9.39. The molecule has 2 N–H and O–H groups in total. The summed E-state index contributed by atoms with van der Waals surface area (Å²) in [4.78, 5) is 4.12. The third-order valence-corrected chi connectivity index (χ3v) is 3.14. The second kappa shape index (κ2) is 5.38. The van der Waals surface area contributed by atoms with Gasteiger partial charge in [0.05, 0.1) is 15.2 Å². The minimum absolute atomic E-state index is 0.284. The molecule has 0 bridgehead atoms. The molecule has 0 aliphatic carbocycles. The standard InChI is InChI=1S/C12H10BrClN2O/c13-8-3-1-2-4-11(8)17-7-10-9(14)5-6-12(15)16-10/h1-6H,7H2,(H2,15,16). The van der Waals surface area contributed by atoms with Crippen LogP contribution in [0.5, 0.6) is 5.75 Å². The maximum absolute atomic E-state index is 5.99. The van der Waals surface area contributed by atoms with Gasteiger partial charge in [0.25, 0.3) is 0 Å². The van der Waals surface area contributed by atoms with Gasteiger partial charge in [0.1, 0.15) is 18.2 Å². The molecule has 1 heterocycles. The number of anilines is 1. The Balaban J connectivity index is 2.12. The quantitative estimate of drug-likeness (QED) is 0.940. The highest BCUT2D eigenvalue weighted by Gasteiger charge is 2.05. The Morgan fingerprint density at radius 3 is 2.76 bits per heavy atom. The molecule has 1 aromatic heterocycles. The molecule has 0 saturated heterocycles. The molecule has 1 aromatic carbocycles. The number of rotatable bonds is 3. The number of hydrogen-bond donors (Lipinski definition) is 1. The maximum Gasteiger partial charge on any atom is 0.134 e. The average Bonchev–Trinajstić information content (AvgIpc) is 2.32. The maximum atomic E-state index is 5.99. The van der Waals surface area contributed by atoms with Crippen molar-refractivity contribution in [3.05, 3.63) is 51.6 Å². The molecule has 0 saturated carbocycles. The lowest BCUT2D eigenvalue weighted by atomic mass is 10.3. The Hall–Kier alpha value is -1.26. The van der Waals surface area contributed by atoms with Crippen LogP contribution in [0, 0.1) is 0 Å². The zero-order valence-electron chi connectivity index (χ0n) is 8.86. The molecule has 0 amide bonds. The minimum Gasteiger partial charge on any atom is -0.486 e. The molecule has 0 radical (unpaired) electrons. The Morgan fingerprint density at radius 2 is 2.00 bits per heavy atom. The van der Waals surface area contributed by atoms with Crippen molar-refractivity contribution in [3.8, 4) is 5.75 Å². The number of nitrogens with two attached hydrogens (primary N) is 1. The normalized spacial score (nSPS) is 10.2. The Morgan fingerprint density at radius 1 is 1.24 bits per heavy atom. The molecular weight excluding hydrogens is 304 g/mol. The third-order valence-electron chi connectivity index (χ3n) is 2.14. The molecule has 0 unspecified atom stereocenters. The Labute approximate surface area is 113 Å². The van der Waals surface area contributed by atoms with Crippen LogP contribution in [-0.4, -0.2) is 4.98 Å². The van der Waals surface area contributed by atoms with Crippen molar-refractivity contribution in [1.82, 2.24) is 4.98 Å². The lowest BCUT2D eigenvalue weighted by Crippen LogP contribution is -2.02. The van der Waals surface area contributed by atoms with E-state index in [0.29, 0.717) is 16.5 Å². The lowest BCUT2D eigenvalue weighted by Gasteiger charge is -2.08. The fraction of sp³-hybridized carbons (Fsp3) is 0.0833. The number of ether oxygens (including phenoxy) is 1. The van der Waals surface area contributed by atoms with E-state index in [9.17, 15) is 0 Å². The molecule has 0 fully saturated rings. The van der Waals surface area contributed by atoms with E-state index in [1.165, 1.54) is 0 Å². The molecule has 0 atom stereocenters. The summed E-state index contributed by atoms with van der Waals surface area (Å²) < 4.78 is 6.50. The van der Waals surface area contributed by atoms with Crippen LogP contribution in [0.3, 0.4) is 0 Å². The summed E-state index contributed by atoms with van der Waals surface area (Å²) in [6, 6.07) is 11.0. The average molecular weight is 314 g/mol. The van der Waals surface area contributed by atoms with Crippen LogP contribution >= 0.6 is 27.5 Å². The first-order valence-corrected chi connectivity index (χ1v) is 6.12. The predicted molar refractivity (Wildman–Crippen MR) is 72.1 cm³/mol. The summed E-state index contributed by atoms with van der Waals surface area (Å²) in [6.45, 7) is 0.284. The largest absolute Gasteiger partial charge is 0.486 e. The van der Waals surface area contributed by atoms with Gasteiger partial charge in [-0.15, -0.1) is 0 Å². The zero-order valence-corrected chi connectivity index (χ0v) is 11.2. The summed E-state index contributed by atoms with van der Waals surface area (Å²) in [6.07, 6.45) is 0. The highest BCUT2D eigenvalue weighted by Crippen LogP contribution is 2.25. The van der Waals surface area contributed by atoms with Crippen molar-refractivity contribution >= 4 is 33.3 Å². The summed E-state index contributed by atoms with van der Waals surface area (Å²) in [5.74, 6) is 1.17. The molecule has 0 aliphatic rings. The predicted octanol–water partition coefficient (Wildman–Crippen LogP) is 3.66. The van der Waals surface area contributed by atoms with Crippen molar-refractivity contribution < 1.29 is 4.74 Å². The SMILES string of the molecule is Nc1ccc(Cl)c(COc2ccccc2Br)n1. The van der Waals surface area contributed by atoms with Crippen LogP contribution in [-0.2, 0) is 6.61 Å². The van der Waals surface area contributed by atoms with Crippen LogP contribution in [0.2, 0.25) is 5.02 Å². The van der Waals surface area contributed by atoms with E-state index >= 15 is 0 Å². The molecular formula is C12H10BrClN2O. The van der Waals surface area contributed by atoms with Gasteiger partial charge >= 0.3 is 0 Å². The number of para-hydroxylation sites is 1. The topological polar surface area (TPSA) is 48.1 Å². The van der Waals surface area contributed by atoms with Crippen molar-refractivity contribution in [3.63, 3.8) is 0 Å². The van der Waals surface area contributed by atoms with Crippen molar-refractivity contribution in [2.75, 3.05) is 5.73 Å². The third kappa shape index (κ3) is 3.11. The van der Waals surface area contributed by atoms with Gasteiger partial charge in [0, 0.05) is 0 Å². The Kier molecular flexibility index (Phi) is 3.86. The smallest absolute Gasteiger partial charge is 0.134 e. The van der Waals surface area contributed by atoms with Crippen LogP contribution in [0.1, 0.15) is 5.69 Å². The summed E-state index contributed by atoms with van der Waals surface area (Å²) in [7, 11) is 0. The Bertz CT molecular complexity index is 534. The molecule has 5 heteroatoms. The van der Waals surface area contributed by atoms with E-state index in [1.54, 1.807) is 12.1 Å². The molecule has 2 aromatic rings. The van der Waals surface area contributed by atoms with Crippen molar-refractivity contribution in [1.29, 1.82) is 0 Å². The van der Waals surface area contributed by atoms with Gasteiger partial charge in [-0.1, -0.05) is 23.7 Å². The van der Waals surface area contributed by atoms with Gasteiger partial charge in [0.2, 0.25) is 0 Å². The zero-order chi connectivity index (χ0) is 12.3. The molecule has 2 rings (SSSR count). The number of nitrogens with zero attached hydrogens (tertiary/aromatic N) is 1. The fourth-order valence-corrected chi connectivity index (χ4v) is 1.87. The van der Waals surface area contributed by atoms with Crippen LogP contribution in [0.4, 0.5) is 5.82 Å². The highest BCUT2D eigenvalue weighted by molar-refractivity contribution is 9.10. The first-order valence-electron chi connectivity index (χ1n) is 4.95. The number of hydrogen-bond acceptors (Lipinski definition) is 3. The fourth-order valence-electron chi connectivity index (χ4n) is 1.31. The molecule has 3 nitrogen and oxygen atoms in total. The molecule has 0 spiro atoms. The number of benzene rings is 1. The lowest BCUT2D eigenvalue weighted by molar-refractivity contribution is 0.299. The molecule has 17 heavy (non-hydrogen) atoms. The van der Waals surface area contributed by atoms with Gasteiger partial charge < -0.3 is 10.5 Å². The molecule has 0 aliphatic heterocycles.